The van der Waals surface area contributed by atoms with Gasteiger partial charge < -0.3 is 10.1 Å². The Morgan fingerprint density at radius 3 is 2.44 bits per heavy atom. The minimum atomic E-state index is -0.437. The van der Waals surface area contributed by atoms with Crippen molar-refractivity contribution < 1.29 is 9.53 Å². The molecule has 0 spiro atoms. The van der Waals surface area contributed by atoms with Gasteiger partial charge in [0.15, 0.2) is 0 Å². The van der Waals surface area contributed by atoms with Crippen molar-refractivity contribution in [2.24, 2.45) is 5.41 Å². The molecule has 0 aromatic heterocycles. The zero-order valence-electron chi connectivity index (χ0n) is 11.7. The highest BCUT2D eigenvalue weighted by Crippen LogP contribution is 2.16. The Kier molecular flexibility index (Phi) is 5.35. The van der Waals surface area contributed by atoms with Gasteiger partial charge in [0.2, 0.25) is 0 Å². The Labute approximate surface area is 110 Å². The fourth-order valence-electron chi connectivity index (χ4n) is 1.42. The SMILES string of the molecule is CC(CNCc1ccccc1)OC(=O)C(C)(C)C. The molecule has 3 heteroatoms. The molecule has 0 aliphatic carbocycles. The lowest BCUT2D eigenvalue weighted by Gasteiger charge is -2.21. The van der Waals surface area contributed by atoms with Crippen molar-refractivity contribution in [1.82, 2.24) is 5.32 Å². The quantitative estimate of drug-likeness (QED) is 0.815. The number of rotatable bonds is 5. The molecule has 1 rings (SSSR count). The zero-order valence-corrected chi connectivity index (χ0v) is 11.7. The van der Waals surface area contributed by atoms with E-state index >= 15 is 0 Å². The van der Waals surface area contributed by atoms with Crippen molar-refractivity contribution in [2.45, 2.75) is 40.3 Å². The predicted molar refractivity (Wildman–Crippen MR) is 73.2 cm³/mol. The average Bonchev–Trinajstić information content (AvgIpc) is 2.29. The number of carbonyl (C=O) groups is 1. The van der Waals surface area contributed by atoms with Crippen LogP contribution < -0.4 is 5.32 Å². The fraction of sp³-hybridized carbons (Fsp3) is 0.533. The Morgan fingerprint density at radius 2 is 1.89 bits per heavy atom. The molecule has 1 aromatic rings. The van der Waals surface area contributed by atoms with Crippen LogP contribution in [0.25, 0.3) is 0 Å². The second-order valence-electron chi connectivity index (χ2n) is 5.58. The molecular formula is C15H23NO2. The molecule has 0 fully saturated rings. The first-order valence-corrected chi connectivity index (χ1v) is 6.35. The minimum absolute atomic E-state index is 0.111. The van der Waals surface area contributed by atoms with Crippen LogP contribution in [0.1, 0.15) is 33.3 Å². The molecule has 1 aromatic carbocycles. The summed E-state index contributed by atoms with van der Waals surface area (Å²) in [7, 11) is 0. The summed E-state index contributed by atoms with van der Waals surface area (Å²) >= 11 is 0. The van der Waals surface area contributed by atoms with Crippen LogP contribution in [0.3, 0.4) is 0 Å². The second kappa shape index (κ2) is 6.55. The molecule has 0 saturated heterocycles. The highest BCUT2D eigenvalue weighted by Gasteiger charge is 2.24. The number of ether oxygens (including phenoxy) is 1. The van der Waals surface area contributed by atoms with Crippen LogP contribution in [0.4, 0.5) is 0 Å². The lowest BCUT2D eigenvalue weighted by atomic mass is 9.97. The number of nitrogens with one attached hydrogen (secondary N) is 1. The molecule has 0 saturated carbocycles. The van der Waals surface area contributed by atoms with Gasteiger partial charge >= 0.3 is 5.97 Å². The molecule has 0 aliphatic heterocycles. The maximum Gasteiger partial charge on any atom is 0.311 e. The molecule has 0 heterocycles. The standard InChI is InChI=1S/C15H23NO2/c1-12(18-14(17)15(2,3)4)10-16-11-13-8-6-5-7-9-13/h5-9,12,16H,10-11H2,1-4H3. The third-order valence-corrected chi connectivity index (χ3v) is 2.52. The van der Waals surface area contributed by atoms with Gasteiger partial charge in [-0.2, -0.15) is 0 Å². The van der Waals surface area contributed by atoms with Crippen LogP contribution in [-0.4, -0.2) is 18.6 Å². The first-order chi connectivity index (χ1) is 8.39. The van der Waals surface area contributed by atoms with Crippen LogP contribution in [0.2, 0.25) is 0 Å². The first kappa shape index (κ1) is 14.7. The molecule has 0 bridgehead atoms. The van der Waals surface area contributed by atoms with Crippen molar-refractivity contribution >= 4 is 5.97 Å². The molecule has 1 N–H and O–H groups in total. The van der Waals surface area contributed by atoms with E-state index in [-0.39, 0.29) is 12.1 Å². The van der Waals surface area contributed by atoms with E-state index in [0.717, 1.165) is 6.54 Å². The summed E-state index contributed by atoms with van der Waals surface area (Å²) in [5.41, 5.74) is 0.792. The van der Waals surface area contributed by atoms with Crippen LogP contribution >= 0.6 is 0 Å². The summed E-state index contributed by atoms with van der Waals surface area (Å²) in [6, 6.07) is 10.2. The van der Waals surface area contributed by atoms with E-state index in [1.54, 1.807) is 0 Å². The second-order valence-corrected chi connectivity index (χ2v) is 5.58. The van der Waals surface area contributed by atoms with Crippen molar-refractivity contribution in [3.8, 4) is 0 Å². The fourth-order valence-corrected chi connectivity index (χ4v) is 1.42. The Balaban J connectivity index is 2.26. The lowest BCUT2D eigenvalue weighted by molar-refractivity contribution is -0.157. The van der Waals surface area contributed by atoms with E-state index in [2.05, 4.69) is 17.4 Å². The van der Waals surface area contributed by atoms with E-state index in [1.165, 1.54) is 5.56 Å². The number of carbonyl (C=O) groups excluding carboxylic acids is 1. The van der Waals surface area contributed by atoms with Gasteiger partial charge in [0.25, 0.3) is 0 Å². The topological polar surface area (TPSA) is 38.3 Å². The van der Waals surface area contributed by atoms with Crippen LogP contribution in [0.5, 0.6) is 0 Å². The smallest absolute Gasteiger partial charge is 0.311 e. The highest BCUT2D eigenvalue weighted by molar-refractivity contribution is 5.75. The zero-order chi connectivity index (χ0) is 13.6. The molecule has 3 nitrogen and oxygen atoms in total. The van der Waals surface area contributed by atoms with E-state index in [1.807, 2.05) is 45.9 Å². The molecule has 0 amide bonds. The van der Waals surface area contributed by atoms with Crippen molar-refractivity contribution in [3.63, 3.8) is 0 Å². The number of hydrogen-bond donors (Lipinski definition) is 1. The maximum atomic E-state index is 11.7. The number of esters is 1. The van der Waals surface area contributed by atoms with E-state index in [4.69, 9.17) is 4.74 Å². The number of hydrogen-bond acceptors (Lipinski definition) is 3. The molecule has 18 heavy (non-hydrogen) atoms. The van der Waals surface area contributed by atoms with Gasteiger partial charge in [0.05, 0.1) is 5.41 Å². The van der Waals surface area contributed by atoms with Crippen molar-refractivity contribution in [1.29, 1.82) is 0 Å². The van der Waals surface area contributed by atoms with E-state index in [9.17, 15) is 4.79 Å². The van der Waals surface area contributed by atoms with Gasteiger partial charge in [0.1, 0.15) is 6.10 Å². The summed E-state index contributed by atoms with van der Waals surface area (Å²) in [5, 5.41) is 3.28. The van der Waals surface area contributed by atoms with E-state index in [0.29, 0.717) is 6.54 Å². The Bertz CT molecular complexity index is 368. The lowest BCUT2D eigenvalue weighted by Crippen LogP contribution is -2.33. The van der Waals surface area contributed by atoms with Gasteiger partial charge in [-0.3, -0.25) is 4.79 Å². The van der Waals surface area contributed by atoms with Crippen LogP contribution in [-0.2, 0) is 16.1 Å². The van der Waals surface area contributed by atoms with E-state index < -0.39 is 5.41 Å². The van der Waals surface area contributed by atoms with Gasteiger partial charge in [-0.25, -0.2) is 0 Å². The largest absolute Gasteiger partial charge is 0.461 e. The number of benzene rings is 1. The van der Waals surface area contributed by atoms with Gasteiger partial charge in [-0.05, 0) is 33.3 Å². The normalized spacial score (nSPS) is 13.1. The molecular weight excluding hydrogens is 226 g/mol. The maximum absolute atomic E-state index is 11.7. The van der Waals surface area contributed by atoms with Gasteiger partial charge in [-0.1, -0.05) is 30.3 Å². The molecule has 100 valence electrons. The van der Waals surface area contributed by atoms with Crippen molar-refractivity contribution in [3.05, 3.63) is 35.9 Å². The monoisotopic (exact) mass is 249 g/mol. The Morgan fingerprint density at radius 1 is 1.28 bits per heavy atom. The van der Waals surface area contributed by atoms with Crippen LogP contribution in [0, 0.1) is 5.41 Å². The van der Waals surface area contributed by atoms with Crippen molar-refractivity contribution in [2.75, 3.05) is 6.54 Å². The summed E-state index contributed by atoms with van der Waals surface area (Å²) in [5.74, 6) is -0.156. The molecule has 1 unspecified atom stereocenters. The minimum Gasteiger partial charge on any atom is -0.461 e. The van der Waals surface area contributed by atoms with Gasteiger partial charge in [0, 0.05) is 13.1 Å². The molecule has 0 radical (unpaired) electrons. The predicted octanol–water partition coefficient (Wildman–Crippen LogP) is 2.75. The third kappa shape index (κ3) is 5.32. The van der Waals surface area contributed by atoms with Gasteiger partial charge in [-0.15, -0.1) is 0 Å². The van der Waals surface area contributed by atoms with Crippen LogP contribution in [0.15, 0.2) is 30.3 Å². The molecule has 1 atom stereocenters. The summed E-state index contributed by atoms with van der Waals surface area (Å²) < 4.78 is 5.35. The average molecular weight is 249 g/mol. The third-order valence-electron chi connectivity index (χ3n) is 2.52. The Hall–Kier alpha value is -1.35. The first-order valence-electron chi connectivity index (χ1n) is 6.35. The summed E-state index contributed by atoms with van der Waals surface area (Å²) in [6.07, 6.45) is -0.111. The highest BCUT2D eigenvalue weighted by atomic mass is 16.5. The summed E-state index contributed by atoms with van der Waals surface area (Å²) in [4.78, 5) is 11.7. The summed E-state index contributed by atoms with van der Waals surface area (Å²) in [6.45, 7) is 8.94. The molecule has 0 aliphatic rings.